The highest BCUT2D eigenvalue weighted by Gasteiger charge is 2.13. The van der Waals surface area contributed by atoms with Crippen molar-refractivity contribution < 1.29 is 4.92 Å². The molecular formula is C11H7N5O2. The Morgan fingerprint density at radius 1 is 1.28 bits per heavy atom. The Bertz CT molecular complexity index is 621. The van der Waals surface area contributed by atoms with Crippen molar-refractivity contribution in [1.29, 1.82) is 5.26 Å². The highest BCUT2D eigenvalue weighted by atomic mass is 16.6. The summed E-state index contributed by atoms with van der Waals surface area (Å²) in [5.41, 5.74) is 0.983. The number of nitrogens with one attached hydrogen (secondary N) is 1. The normalized spacial score (nSPS) is 9.50. The van der Waals surface area contributed by atoms with E-state index in [0.29, 0.717) is 11.4 Å². The molecular weight excluding hydrogens is 234 g/mol. The van der Waals surface area contributed by atoms with Gasteiger partial charge < -0.3 is 5.32 Å². The predicted octanol–water partition coefficient (Wildman–Crippen LogP) is 2.00. The second kappa shape index (κ2) is 4.88. The molecule has 0 unspecified atom stereocenters. The van der Waals surface area contributed by atoms with Gasteiger partial charge in [0.05, 0.1) is 23.0 Å². The SMILES string of the molecule is N#Cc1cc(Nc2cncnc2)ccc1[N+](=O)[O-]. The van der Waals surface area contributed by atoms with Crippen LogP contribution in [-0.4, -0.2) is 14.9 Å². The van der Waals surface area contributed by atoms with Crippen LogP contribution in [0.2, 0.25) is 0 Å². The molecule has 0 spiro atoms. The highest BCUT2D eigenvalue weighted by molar-refractivity contribution is 5.64. The Morgan fingerprint density at radius 2 is 2.00 bits per heavy atom. The maximum Gasteiger partial charge on any atom is 0.287 e. The number of anilines is 2. The summed E-state index contributed by atoms with van der Waals surface area (Å²) in [4.78, 5) is 17.7. The standard InChI is InChI=1S/C11H7N5O2/c12-4-8-3-9(1-2-11(8)16(17)18)15-10-5-13-7-14-6-10/h1-3,5-7,15H. The van der Waals surface area contributed by atoms with Crippen molar-refractivity contribution >= 4 is 17.1 Å². The second-order valence-electron chi connectivity index (χ2n) is 3.35. The van der Waals surface area contributed by atoms with Crippen molar-refractivity contribution in [1.82, 2.24) is 9.97 Å². The Hall–Kier alpha value is -3.01. The summed E-state index contributed by atoms with van der Waals surface area (Å²) in [6, 6.07) is 6.00. The smallest absolute Gasteiger partial charge is 0.287 e. The zero-order chi connectivity index (χ0) is 13.0. The van der Waals surface area contributed by atoms with Gasteiger partial charge >= 0.3 is 0 Å². The number of hydrogen-bond acceptors (Lipinski definition) is 6. The lowest BCUT2D eigenvalue weighted by Crippen LogP contribution is -1.96. The van der Waals surface area contributed by atoms with E-state index in [1.165, 1.54) is 24.5 Å². The number of nitro groups is 1. The third-order valence-corrected chi connectivity index (χ3v) is 2.16. The van der Waals surface area contributed by atoms with Gasteiger partial charge in [0.25, 0.3) is 5.69 Å². The summed E-state index contributed by atoms with van der Waals surface area (Å²) < 4.78 is 0. The van der Waals surface area contributed by atoms with Gasteiger partial charge in [-0.15, -0.1) is 0 Å². The van der Waals surface area contributed by atoms with E-state index in [0.717, 1.165) is 0 Å². The third kappa shape index (κ3) is 2.38. The van der Waals surface area contributed by atoms with Gasteiger partial charge in [-0.05, 0) is 12.1 Å². The second-order valence-corrected chi connectivity index (χ2v) is 3.35. The molecule has 18 heavy (non-hydrogen) atoms. The Morgan fingerprint density at radius 3 is 2.61 bits per heavy atom. The Labute approximate surface area is 102 Å². The molecule has 0 aliphatic heterocycles. The van der Waals surface area contributed by atoms with Crippen molar-refractivity contribution in [3.8, 4) is 6.07 Å². The van der Waals surface area contributed by atoms with E-state index >= 15 is 0 Å². The molecule has 0 aliphatic carbocycles. The van der Waals surface area contributed by atoms with Crippen LogP contribution in [0, 0.1) is 21.4 Å². The summed E-state index contributed by atoms with van der Waals surface area (Å²) in [5, 5.41) is 22.5. The Kier molecular flexibility index (Phi) is 3.11. The fraction of sp³-hybridized carbons (Fsp3) is 0. The molecule has 2 rings (SSSR count). The van der Waals surface area contributed by atoms with E-state index in [2.05, 4.69) is 15.3 Å². The fourth-order valence-electron chi connectivity index (χ4n) is 1.39. The first-order valence-corrected chi connectivity index (χ1v) is 4.91. The largest absolute Gasteiger partial charge is 0.353 e. The van der Waals surface area contributed by atoms with Gasteiger partial charge in [-0.3, -0.25) is 10.1 Å². The van der Waals surface area contributed by atoms with E-state index in [9.17, 15) is 10.1 Å². The van der Waals surface area contributed by atoms with E-state index in [1.54, 1.807) is 18.5 Å². The fourth-order valence-corrected chi connectivity index (χ4v) is 1.39. The molecule has 0 atom stereocenters. The van der Waals surface area contributed by atoms with Crippen LogP contribution in [0.15, 0.2) is 36.9 Å². The molecule has 0 bridgehead atoms. The lowest BCUT2D eigenvalue weighted by atomic mass is 10.1. The van der Waals surface area contributed by atoms with Crippen molar-refractivity contribution in [2.45, 2.75) is 0 Å². The minimum atomic E-state index is -0.589. The minimum Gasteiger partial charge on any atom is -0.353 e. The number of nitro benzene ring substituents is 1. The first-order valence-electron chi connectivity index (χ1n) is 4.91. The number of hydrogen-bond donors (Lipinski definition) is 1. The molecule has 1 aromatic carbocycles. The molecule has 1 heterocycles. The first kappa shape index (κ1) is 11.5. The molecule has 0 fully saturated rings. The molecule has 2 aromatic rings. The summed E-state index contributed by atoms with van der Waals surface area (Å²) in [5.74, 6) is 0. The summed E-state index contributed by atoms with van der Waals surface area (Å²) in [6.07, 6.45) is 4.50. The van der Waals surface area contributed by atoms with Crippen molar-refractivity contribution in [2.75, 3.05) is 5.32 Å². The third-order valence-electron chi connectivity index (χ3n) is 2.16. The average Bonchev–Trinajstić information content (AvgIpc) is 2.39. The Balaban J connectivity index is 2.32. The van der Waals surface area contributed by atoms with Crippen molar-refractivity contribution in [3.05, 3.63) is 52.6 Å². The van der Waals surface area contributed by atoms with Crippen LogP contribution >= 0.6 is 0 Å². The van der Waals surface area contributed by atoms with Crippen LogP contribution in [0.1, 0.15) is 5.56 Å². The van der Waals surface area contributed by atoms with Crippen molar-refractivity contribution in [3.63, 3.8) is 0 Å². The van der Waals surface area contributed by atoms with Crippen LogP contribution < -0.4 is 5.32 Å². The molecule has 0 saturated carbocycles. The average molecular weight is 241 g/mol. The molecule has 7 heteroatoms. The highest BCUT2D eigenvalue weighted by Crippen LogP contribution is 2.23. The van der Waals surface area contributed by atoms with Crippen LogP contribution in [0.25, 0.3) is 0 Å². The molecule has 1 aromatic heterocycles. The van der Waals surface area contributed by atoms with Gasteiger partial charge in [0.1, 0.15) is 18.0 Å². The molecule has 0 saturated heterocycles. The number of aromatic nitrogens is 2. The van der Waals surface area contributed by atoms with Crippen LogP contribution in [0.5, 0.6) is 0 Å². The monoisotopic (exact) mass is 241 g/mol. The minimum absolute atomic E-state index is 0.00171. The van der Waals surface area contributed by atoms with Gasteiger partial charge in [-0.2, -0.15) is 5.26 Å². The summed E-state index contributed by atoms with van der Waals surface area (Å²) in [6.45, 7) is 0. The molecule has 7 nitrogen and oxygen atoms in total. The van der Waals surface area contributed by atoms with Gasteiger partial charge in [0.15, 0.2) is 0 Å². The number of rotatable bonds is 3. The van der Waals surface area contributed by atoms with Crippen LogP contribution in [0.4, 0.5) is 17.1 Å². The first-order chi connectivity index (χ1) is 8.70. The topological polar surface area (TPSA) is 105 Å². The molecule has 0 aliphatic rings. The lowest BCUT2D eigenvalue weighted by Gasteiger charge is -2.05. The van der Waals surface area contributed by atoms with E-state index < -0.39 is 4.92 Å². The predicted molar refractivity (Wildman–Crippen MR) is 63.1 cm³/mol. The zero-order valence-corrected chi connectivity index (χ0v) is 9.07. The van der Waals surface area contributed by atoms with Gasteiger partial charge in [-0.1, -0.05) is 0 Å². The van der Waals surface area contributed by atoms with Gasteiger partial charge in [-0.25, -0.2) is 9.97 Å². The quantitative estimate of drug-likeness (QED) is 0.650. The maximum atomic E-state index is 10.7. The summed E-state index contributed by atoms with van der Waals surface area (Å²) >= 11 is 0. The maximum absolute atomic E-state index is 10.7. The number of benzene rings is 1. The summed E-state index contributed by atoms with van der Waals surface area (Å²) in [7, 11) is 0. The molecule has 1 N–H and O–H groups in total. The van der Waals surface area contributed by atoms with E-state index in [4.69, 9.17) is 5.26 Å². The van der Waals surface area contributed by atoms with E-state index in [1.807, 2.05) is 0 Å². The number of nitrogens with zero attached hydrogens (tertiary/aromatic N) is 4. The zero-order valence-electron chi connectivity index (χ0n) is 9.07. The molecule has 0 radical (unpaired) electrons. The van der Waals surface area contributed by atoms with E-state index in [-0.39, 0.29) is 11.3 Å². The van der Waals surface area contributed by atoms with Crippen LogP contribution in [0.3, 0.4) is 0 Å². The number of nitriles is 1. The molecule has 88 valence electrons. The van der Waals surface area contributed by atoms with Gasteiger partial charge in [0, 0.05) is 11.8 Å². The van der Waals surface area contributed by atoms with Gasteiger partial charge in [0.2, 0.25) is 0 Å². The van der Waals surface area contributed by atoms with Crippen LogP contribution in [-0.2, 0) is 0 Å². The van der Waals surface area contributed by atoms with Crippen molar-refractivity contribution in [2.24, 2.45) is 0 Å². The lowest BCUT2D eigenvalue weighted by molar-refractivity contribution is -0.385. The molecule has 0 amide bonds.